The van der Waals surface area contributed by atoms with Crippen LogP contribution in [0, 0.1) is 0 Å². The summed E-state index contributed by atoms with van der Waals surface area (Å²) in [6.07, 6.45) is 0. The molecule has 0 bridgehead atoms. The third kappa shape index (κ3) is 4.20. The molecule has 0 unspecified atom stereocenters. The van der Waals surface area contributed by atoms with Crippen molar-refractivity contribution < 1.29 is 8.42 Å². The quantitative estimate of drug-likeness (QED) is 0.688. The molecule has 0 spiro atoms. The van der Waals surface area contributed by atoms with Crippen LogP contribution in [-0.4, -0.2) is 8.42 Å². The Morgan fingerprint density at radius 2 is 1.76 bits per heavy atom. The lowest BCUT2D eigenvalue weighted by Crippen LogP contribution is -2.24. The summed E-state index contributed by atoms with van der Waals surface area (Å²) in [6, 6.07) is 10.1. The topological polar surface area (TPSA) is 72.2 Å². The fourth-order valence-corrected chi connectivity index (χ4v) is 4.93. The van der Waals surface area contributed by atoms with E-state index in [1.165, 1.54) is 0 Å². The third-order valence-electron chi connectivity index (χ3n) is 2.69. The highest BCUT2D eigenvalue weighted by Gasteiger charge is 2.21. The highest BCUT2D eigenvalue weighted by molar-refractivity contribution is 9.11. The summed E-state index contributed by atoms with van der Waals surface area (Å²) in [5.41, 5.74) is 6.77. The summed E-state index contributed by atoms with van der Waals surface area (Å²) in [5, 5.41) is 0.599. The predicted octanol–water partition coefficient (Wildman–Crippen LogP) is 3.93. The van der Waals surface area contributed by atoms with E-state index in [0.717, 1.165) is 5.56 Å². The first-order valence-corrected chi connectivity index (χ1v) is 9.23. The van der Waals surface area contributed by atoms with E-state index < -0.39 is 10.0 Å². The van der Waals surface area contributed by atoms with Gasteiger partial charge < -0.3 is 5.73 Å². The predicted molar refractivity (Wildman–Crippen MR) is 91.7 cm³/mol. The Kier molecular flexibility index (Phi) is 5.32. The number of rotatable bonds is 4. The van der Waals surface area contributed by atoms with Gasteiger partial charge in [-0.1, -0.05) is 39.7 Å². The molecule has 2 rings (SSSR count). The molecule has 2 aromatic rings. The molecule has 0 heterocycles. The van der Waals surface area contributed by atoms with E-state index in [1.807, 2.05) is 0 Å². The summed E-state index contributed by atoms with van der Waals surface area (Å²) < 4.78 is 28.3. The number of nitrogen functional groups attached to an aromatic ring is 1. The molecule has 0 radical (unpaired) electrons. The second-order valence-corrected chi connectivity index (χ2v) is 8.17. The van der Waals surface area contributed by atoms with Crippen LogP contribution in [0.15, 0.2) is 50.2 Å². The Bertz CT molecular complexity index is 741. The van der Waals surface area contributed by atoms with Gasteiger partial charge in [-0.05, 0) is 45.8 Å². The first kappa shape index (κ1) is 16.8. The van der Waals surface area contributed by atoms with E-state index in [9.17, 15) is 8.42 Å². The van der Waals surface area contributed by atoms with Crippen LogP contribution >= 0.6 is 43.5 Å². The van der Waals surface area contributed by atoms with E-state index in [1.54, 1.807) is 36.4 Å². The first-order chi connectivity index (χ1) is 9.79. The maximum Gasteiger partial charge on any atom is 0.244 e. The van der Waals surface area contributed by atoms with Gasteiger partial charge in [0.2, 0.25) is 10.0 Å². The summed E-state index contributed by atoms with van der Waals surface area (Å²) in [5.74, 6) is 0. The van der Waals surface area contributed by atoms with Gasteiger partial charge in [0, 0.05) is 20.5 Å². The van der Waals surface area contributed by atoms with Crippen molar-refractivity contribution in [3.63, 3.8) is 0 Å². The van der Waals surface area contributed by atoms with Crippen molar-refractivity contribution in [3.8, 4) is 0 Å². The van der Waals surface area contributed by atoms with Gasteiger partial charge in [-0.2, -0.15) is 0 Å². The Labute approximate surface area is 145 Å². The van der Waals surface area contributed by atoms with E-state index in [2.05, 4.69) is 36.6 Å². The second kappa shape index (κ2) is 6.66. The average Bonchev–Trinajstić information content (AvgIpc) is 2.36. The van der Waals surface area contributed by atoms with Crippen LogP contribution in [0.5, 0.6) is 0 Å². The minimum absolute atomic E-state index is 0.0275. The molecule has 3 N–H and O–H groups in total. The molecule has 112 valence electrons. The molecule has 0 aliphatic heterocycles. The van der Waals surface area contributed by atoms with Gasteiger partial charge in [0.05, 0.1) is 5.69 Å². The second-order valence-electron chi connectivity index (χ2n) is 4.26. The van der Waals surface area contributed by atoms with Crippen molar-refractivity contribution in [2.24, 2.45) is 0 Å². The van der Waals surface area contributed by atoms with E-state index in [4.69, 9.17) is 17.3 Å². The van der Waals surface area contributed by atoms with Gasteiger partial charge in [0.1, 0.15) is 4.90 Å². The Morgan fingerprint density at radius 1 is 1.14 bits per heavy atom. The molecule has 2 aromatic carbocycles. The Hall–Kier alpha value is -0.600. The van der Waals surface area contributed by atoms with Crippen LogP contribution in [0.3, 0.4) is 0 Å². The molecule has 0 fully saturated rings. The number of halogens is 3. The number of anilines is 1. The smallest absolute Gasteiger partial charge is 0.244 e. The normalized spacial score (nSPS) is 11.6. The molecule has 8 heteroatoms. The van der Waals surface area contributed by atoms with Crippen LogP contribution in [0.2, 0.25) is 5.02 Å². The molecule has 0 aromatic heterocycles. The highest BCUT2D eigenvalue weighted by Crippen LogP contribution is 2.31. The fourth-order valence-electron chi connectivity index (χ4n) is 1.72. The van der Waals surface area contributed by atoms with Gasteiger partial charge in [0.15, 0.2) is 0 Å². The van der Waals surface area contributed by atoms with Crippen molar-refractivity contribution in [1.29, 1.82) is 0 Å². The summed E-state index contributed by atoms with van der Waals surface area (Å²) >= 11 is 12.3. The van der Waals surface area contributed by atoms with Gasteiger partial charge >= 0.3 is 0 Å². The number of hydrogen-bond donors (Lipinski definition) is 2. The number of nitrogens with two attached hydrogens (primary N) is 1. The van der Waals surface area contributed by atoms with Crippen LogP contribution < -0.4 is 10.5 Å². The monoisotopic (exact) mass is 452 g/mol. The first-order valence-electron chi connectivity index (χ1n) is 5.78. The summed E-state index contributed by atoms with van der Waals surface area (Å²) in [7, 11) is -3.72. The van der Waals surface area contributed by atoms with Gasteiger partial charge in [0.25, 0.3) is 0 Å². The number of nitrogens with one attached hydrogen (secondary N) is 1. The van der Waals surface area contributed by atoms with Crippen molar-refractivity contribution >= 4 is 59.2 Å². The van der Waals surface area contributed by atoms with Crippen LogP contribution in [0.1, 0.15) is 5.56 Å². The minimum atomic E-state index is -3.72. The molecule has 0 saturated carbocycles. The van der Waals surface area contributed by atoms with Crippen molar-refractivity contribution in [1.82, 2.24) is 4.72 Å². The zero-order chi connectivity index (χ0) is 15.6. The van der Waals surface area contributed by atoms with Gasteiger partial charge in [-0.25, -0.2) is 13.1 Å². The van der Waals surface area contributed by atoms with Crippen molar-refractivity contribution in [3.05, 3.63) is 55.9 Å². The van der Waals surface area contributed by atoms with Gasteiger partial charge in [-0.3, -0.25) is 0 Å². The molecule has 0 aliphatic carbocycles. The third-order valence-corrected chi connectivity index (χ3v) is 5.80. The molecule has 0 atom stereocenters. The number of benzene rings is 2. The lowest BCUT2D eigenvalue weighted by molar-refractivity contribution is 0.581. The largest absolute Gasteiger partial charge is 0.398 e. The van der Waals surface area contributed by atoms with Crippen molar-refractivity contribution in [2.45, 2.75) is 11.4 Å². The Balaban J connectivity index is 2.25. The standard InChI is InChI=1S/C13H11Br2ClN2O2S/c14-9-5-11(15)13(12(17)6-9)21(19,20)18-7-8-1-3-10(16)4-2-8/h1-6,18H,7,17H2. The average molecular weight is 455 g/mol. The maximum atomic E-state index is 12.4. The van der Waals surface area contributed by atoms with Gasteiger partial charge in [-0.15, -0.1) is 0 Å². The molecule has 0 saturated heterocycles. The SMILES string of the molecule is Nc1cc(Br)cc(Br)c1S(=O)(=O)NCc1ccc(Cl)cc1. The highest BCUT2D eigenvalue weighted by atomic mass is 79.9. The van der Waals surface area contributed by atoms with E-state index >= 15 is 0 Å². The fraction of sp³-hybridized carbons (Fsp3) is 0.0769. The lowest BCUT2D eigenvalue weighted by Gasteiger charge is -2.11. The van der Waals surface area contributed by atoms with Crippen LogP contribution in [0.25, 0.3) is 0 Å². The summed E-state index contributed by atoms with van der Waals surface area (Å²) in [4.78, 5) is 0.0275. The van der Waals surface area contributed by atoms with Crippen molar-refractivity contribution in [2.75, 3.05) is 5.73 Å². The van der Waals surface area contributed by atoms with E-state index in [0.29, 0.717) is 14.0 Å². The number of hydrogen-bond acceptors (Lipinski definition) is 3. The molecular formula is C13H11Br2ClN2O2S. The minimum Gasteiger partial charge on any atom is -0.398 e. The van der Waals surface area contributed by atoms with E-state index in [-0.39, 0.29) is 17.1 Å². The van der Waals surface area contributed by atoms with Crippen LogP contribution in [0.4, 0.5) is 5.69 Å². The maximum absolute atomic E-state index is 12.4. The molecule has 0 amide bonds. The molecule has 0 aliphatic rings. The van der Waals surface area contributed by atoms with Crippen LogP contribution in [-0.2, 0) is 16.6 Å². The molecule has 21 heavy (non-hydrogen) atoms. The molecule has 4 nitrogen and oxygen atoms in total. The summed E-state index contributed by atoms with van der Waals surface area (Å²) in [6.45, 7) is 0.154. The zero-order valence-electron chi connectivity index (χ0n) is 10.6. The zero-order valence-corrected chi connectivity index (χ0v) is 15.4. The lowest BCUT2D eigenvalue weighted by atomic mass is 10.2. The Morgan fingerprint density at radius 3 is 2.33 bits per heavy atom. The number of sulfonamides is 1. The molecular weight excluding hydrogens is 443 g/mol.